The summed E-state index contributed by atoms with van der Waals surface area (Å²) in [7, 11) is 0. The highest BCUT2D eigenvalue weighted by molar-refractivity contribution is 6.28. The Hall–Kier alpha value is -11.7. The van der Waals surface area contributed by atoms with Crippen LogP contribution in [0.5, 0.6) is 0 Å². The van der Waals surface area contributed by atoms with Crippen LogP contribution in [-0.4, -0.2) is 19.1 Å². The molecule has 0 bridgehead atoms. The molecule has 0 aliphatic heterocycles. The van der Waals surface area contributed by atoms with Gasteiger partial charge in [0.05, 0.1) is 22.1 Å². The fraction of sp³-hybridized carbons (Fsp3) is 0.0455. The predicted octanol–water partition coefficient (Wildman–Crippen LogP) is 23.6. The molecule has 0 unspecified atom stereocenters. The van der Waals surface area contributed by atoms with E-state index in [0.29, 0.717) is 0 Å². The molecule has 0 saturated carbocycles. The largest absolute Gasteiger partial charge is 0.296 e. The monoisotopic (exact) mass is 1170 g/mol. The Bertz CT molecular complexity index is 5730. The third kappa shape index (κ3) is 9.05. The molecule has 0 radical (unpaired) electrons. The van der Waals surface area contributed by atoms with E-state index in [0.717, 1.165) is 57.9 Å². The molecule has 4 nitrogen and oxygen atoms in total. The van der Waals surface area contributed by atoms with E-state index in [1.54, 1.807) is 0 Å². The van der Waals surface area contributed by atoms with Crippen LogP contribution in [0.2, 0.25) is 0 Å². The zero-order valence-corrected chi connectivity index (χ0v) is 51.2. The van der Waals surface area contributed by atoms with Crippen molar-refractivity contribution in [3.63, 3.8) is 0 Å². The quantitative estimate of drug-likeness (QED) is 0.107. The standard InChI is InChI=1S/C47H32N2.C41H30N2/c1-2-45-48-43-21-11-12-22-44(43)49(45)32-26-23-30(24-27-32)46-38-17-7-9-19-40(38)47(41-20-10-8-18-39(41)46)31-25-28-37-35-15-4-3-13-33(35)34-14-5-6-16-36(34)42(37)29-31;1-2-39-42-37-18-10-11-19-38(37)43(39)32-26-24-31(25-27-32)41-35-16-8-6-14-33(35)40(34-15-7-9-17-36(34)41)30-22-20-29(21-23-30)28-12-4-3-5-13-28/h3-29H,2H2,1H3;3-27H,2H2,1H3. The van der Waals surface area contributed by atoms with Crippen molar-refractivity contribution in [3.8, 4) is 67.0 Å². The zero-order valence-electron chi connectivity index (χ0n) is 51.2. The van der Waals surface area contributed by atoms with E-state index in [2.05, 4.69) is 338 Å². The van der Waals surface area contributed by atoms with Crippen LogP contribution in [-0.2, 0) is 12.8 Å². The topological polar surface area (TPSA) is 35.6 Å². The first-order valence-electron chi connectivity index (χ1n) is 32.1. The third-order valence-corrected chi connectivity index (χ3v) is 18.9. The van der Waals surface area contributed by atoms with Crippen LogP contribution in [0.15, 0.2) is 315 Å². The van der Waals surface area contributed by atoms with Crippen molar-refractivity contribution in [2.24, 2.45) is 0 Å². The molecule has 0 atom stereocenters. The van der Waals surface area contributed by atoms with Crippen molar-refractivity contribution < 1.29 is 0 Å². The van der Waals surface area contributed by atoms with Gasteiger partial charge in [0.2, 0.25) is 0 Å². The predicted molar refractivity (Wildman–Crippen MR) is 391 cm³/mol. The summed E-state index contributed by atoms with van der Waals surface area (Å²) >= 11 is 0. The molecule has 18 rings (SSSR count). The maximum Gasteiger partial charge on any atom is 0.114 e. The van der Waals surface area contributed by atoms with E-state index < -0.39 is 0 Å². The van der Waals surface area contributed by atoms with E-state index in [1.807, 2.05) is 0 Å². The van der Waals surface area contributed by atoms with Crippen LogP contribution in [0.1, 0.15) is 25.5 Å². The normalized spacial score (nSPS) is 11.7. The van der Waals surface area contributed by atoms with Crippen LogP contribution in [0.25, 0.3) is 164 Å². The van der Waals surface area contributed by atoms with Crippen molar-refractivity contribution >= 4 is 97.5 Å². The molecular formula is C88H62N4. The van der Waals surface area contributed by atoms with Gasteiger partial charge in [-0.05, 0) is 186 Å². The second-order valence-electron chi connectivity index (χ2n) is 24.0. The molecule has 0 saturated heterocycles. The molecular weight excluding hydrogens is 1110 g/mol. The highest BCUT2D eigenvalue weighted by Crippen LogP contribution is 2.47. The summed E-state index contributed by atoms with van der Waals surface area (Å²) in [4.78, 5) is 9.82. The number of hydrogen-bond donors (Lipinski definition) is 0. The average Bonchev–Trinajstić information content (AvgIpc) is 0.977. The zero-order chi connectivity index (χ0) is 61.2. The maximum absolute atomic E-state index is 4.92. The van der Waals surface area contributed by atoms with Gasteiger partial charge in [-0.25, -0.2) is 9.97 Å². The summed E-state index contributed by atoms with van der Waals surface area (Å²) in [6.07, 6.45) is 1.74. The first-order chi connectivity index (χ1) is 45.6. The maximum atomic E-state index is 4.92. The van der Waals surface area contributed by atoms with Crippen molar-refractivity contribution in [3.05, 3.63) is 327 Å². The van der Waals surface area contributed by atoms with Crippen LogP contribution >= 0.6 is 0 Å². The molecule has 0 N–H and O–H groups in total. The molecule has 18 aromatic rings. The number of hydrogen-bond acceptors (Lipinski definition) is 2. The summed E-state index contributed by atoms with van der Waals surface area (Å²) in [5, 5.41) is 17.9. The lowest BCUT2D eigenvalue weighted by Crippen LogP contribution is -2.00. The van der Waals surface area contributed by atoms with Gasteiger partial charge in [0.15, 0.2) is 0 Å². The number of para-hydroxylation sites is 4. The smallest absolute Gasteiger partial charge is 0.114 e. The van der Waals surface area contributed by atoms with Gasteiger partial charge in [-0.15, -0.1) is 0 Å². The van der Waals surface area contributed by atoms with Gasteiger partial charge in [-0.1, -0.05) is 275 Å². The third-order valence-electron chi connectivity index (χ3n) is 18.9. The molecule has 0 amide bonds. The molecule has 2 heterocycles. The second kappa shape index (κ2) is 22.7. The average molecular weight is 1180 g/mol. The number of fused-ring (bicyclic) bond motifs is 12. The number of rotatable bonds is 9. The molecule has 4 heteroatoms. The number of aryl methyl sites for hydroxylation is 2. The first-order valence-corrected chi connectivity index (χ1v) is 32.1. The first kappa shape index (κ1) is 54.4. The van der Waals surface area contributed by atoms with E-state index in [9.17, 15) is 0 Å². The lowest BCUT2D eigenvalue weighted by Gasteiger charge is -2.19. The summed E-state index contributed by atoms with van der Waals surface area (Å²) in [5.74, 6) is 2.15. The lowest BCUT2D eigenvalue weighted by molar-refractivity contribution is 0.908. The Kier molecular flexibility index (Phi) is 13.4. The molecule has 0 aliphatic rings. The molecule has 2 aromatic heterocycles. The van der Waals surface area contributed by atoms with E-state index in [1.165, 1.54) is 131 Å². The van der Waals surface area contributed by atoms with Gasteiger partial charge >= 0.3 is 0 Å². The van der Waals surface area contributed by atoms with Crippen molar-refractivity contribution in [2.45, 2.75) is 26.7 Å². The highest BCUT2D eigenvalue weighted by atomic mass is 15.1. The fourth-order valence-corrected chi connectivity index (χ4v) is 14.8. The molecule has 0 aliphatic carbocycles. The van der Waals surface area contributed by atoms with E-state index >= 15 is 0 Å². The molecule has 434 valence electrons. The second-order valence-corrected chi connectivity index (χ2v) is 24.0. The van der Waals surface area contributed by atoms with Crippen LogP contribution in [0.4, 0.5) is 0 Å². The van der Waals surface area contributed by atoms with Crippen molar-refractivity contribution in [2.75, 3.05) is 0 Å². The Balaban J connectivity index is 0.000000142. The van der Waals surface area contributed by atoms with E-state index in [4.69, 9.17) is 9.97 Å². The van der Waals surface area contributed by atoms with Gasteiger partial charge < -0.3 is 0 Å². The van der Waals surface area contributed by atoms with E-state index in [-0.39, 0.29) is 0 Å². The number of nitrogens with zero attached hydrogens (tertiary/aromatic N) is 4. The van der Waals surface area contributed by atoms with Gasteiger partial charge in [-0.2, -0.15) is 0 Å². The van der Waals surface area contributed by atoms with Crippen LogP contribution in [0, 0.1) is 0 Å². The molecule has 0 fully saturated rings. The summed E-state index contributed by atoms with van der Waals surface area (Å²) in [6.45, 7) is 4.34. The van der Waals surface area contributed by atoms with Crippen molar-refractivity contribution in [1.29, 1.82) is 0 Å². The van der Waals surface area contributed by atoms with Crippen molar-refractivity contribution in [1.82, 2.24) is 19.1 Å². The Morgan fingerprint density at radius 3 is 0.848 bits per heavy atom. The number of imidazole rings is 2. The van der Waals surface area contributed by atoms with Gasteiger partial charge in [0.1, 0.15) is 11.6 Å². The van der Waals surface area contributed by atoms with Crippen LogP contribution < -0.4 is 0 Å². The Morgan fingerprint density at radius 2 is 0.478 bits per heavy atom. The van der Waals surface area contributed by atoms with Gasteiger partial charge in [0, 0.05) is 24.2 Å². The van der Waals surface area contributed by atoms with Gasteiger partial charge in [0.25, 0.3) is 0 Å². The minimum absolute atomic E-state index is 0.869. The lowest BCUT2D eigenvalue weighted by atomic mass is 9.85. The molecule has 16 aromatic carbocycles. The summed E-state index contributed by atoms with van der Waals surface area (Å²) in [6, 6.07) is 115. The highest BCUT2D eigenvalue weighted by Gasteiger charge is 2.21. The molecule has 92 heavy (non-hydrogen) atoms. The minimum Gasteiger partial charge on any atom is -0.296 e. The molecule has 0 spiro atoms. The Morgan fingerprint density at radius 1 is 0.217 bits per heavy atom. The fourth-order valence-electron chi connectivity index (χ4n) is 14.8. The van der Waals surface area contributed by atoms with Gasteiger partial charge in [-0.3, -0.25) is 9.13 Å². The number of aromatic nitrogens is 4. The summed E-state index contributed by atoms with van der Waals surface area (Å²) < 4.78 is 4.59. The Labute approximate surface area is 534 Å². The minimum atomic E-state index is 0.869. The van der Waals surface area contributed by atoms with Crippen LogP contribution in [0.3, 0.4) is 0 Å². The SMILES string of the molecule is CCc1nc2ccccc2n1-c1ccc(-c2c3ccccc3c(-c3ccc(-c4ccccc4)cc3)c3ccccc23)cc1.CCc1nc2ccccc2n1-c1ccc(-c2c3ccccc3c(-c3ccc4c5ccccc5c5ccccc5c4c3)c3ccccc23)cc1. The summed E-state index contributed by atoms with van der Waals surface area (Å²) in [5.41, 5.74) is 19.1. The number of benzene rings is 16.